The summed E-state index contributed by atoms with van der Waals surface area (Å²) in [5.41, 5.74) is -0.839. The van der Waals surface area contributed by atoms with Crippen LogP contribution in [0.3, 0.4) is 0 Å². The molecule has 2 amide bonds. The van der Waals surface area contributed by atoms with Crippen LogP contribution in [0, 0.1) is 0 Å². The van der Waals surface area contributed by atoms with E-state index < -0.39 is 23.6 Å². The van der Waals surface area contributed by atoms with E-state index in [0.717, 1.165) is 18.2 Å². The molecule has 5 nitrogen and oxygen atoms in total. The first-order valence-electron chi connectivity index (χ1n) is 6.67. The van der Waals surface area contributed by atoms with E-state index in [2.05, 4.69) is 16.0 Å². The second-order valence-corrected chi connectivity index (χ2v) is 4.69. The molecule has 0 spiro atoms. The van der Waals surface area contributed by atoms with Crippen LogP contribution in [0.15, 0.2) is 18.2 Å². The fourth-order valence-corrected chi connectivity index (χ4v) is 1.76. The van der Waals surface area contributed by atoms with Crippen molar-refractivity contribution in [2.45, 2.75) is 25.9 Å². The molecule has 0 fully saturated rings. The maximum Gasteiger partial charge on any atom is 0.416 e. The van der Waals surface area contributed by atoms with Crippen molar-refractivity contribution in [3.8, 4) is 0 Å². The third-order valence-corrected chi connectivity index (χ3v) is 2.76. The van der Waals surface area contributed by atoms with Crippen LogP contribution in [0.2, 0.25) is 0 Å². The molecule has 0 radical (unpaired) electrons. The molecule has 22 heavy (non-hydrogen) atoms. The van der Waals surface area contributed by atoms with E-state index in [9.17, 15) is 22.8 Å². The van der Waals surface area contributed by atoms with Crippen LogP contribution in [0.25, 0.3) is 0 Å². The number of hydrogen-bond acceptors (Lipinski definition) is 3. The Morgan fingerprint density at radius 1 is 1.14 bits per heavy atom. The molecule has 0 saturated heterocycles. The highest BCUT2D eigenvalue weighted by atomic mass is 19.4. The zero-order valence-corrected chi connectivity index (χ0v) is 12.3. The van der Waals surface area contributed by atoms with Crippen LogP contribution < -0.4 is 16.0 Å². The molecule has 3 N–H and O–H groups in total. The molecule has 0 aliphatic heterocycles. The number of carbonyl (C=O) groups is 2. The third kappa shape index (κ3) is 5.72. The summed E-state index contributed by atoms with van der Waals surface area (Å²) in [5.74, 6) is -0.855. The van der Waals surface area contributed by atoms with Crippen molar-refractivity contribution in [3.05, 3.63) is 23.8 Å². The Labute approximate surface area is 126 Å². The van der Waals surface area contributed by atoms with E-state index in [-0.39, 0.29) is 17.8 Å². The van der Waals surface area contributed by atoms with E-state index in [0.29, 0.717) is 13.0 Å². The van der Waals surface area contributed by atoms with Crippen LogP contribution in [0.1, 0.15) is 25.3 Å². The number of amides is 2. The van der Waals surface area contributed by atoms with Gasteiger partial charge in [0.1, 0.15) is 0 Å². The van der Waals surface area contributed by atoms with Gasteiger partial charge in [-0.3, -0.25) is 9.59 Å². The van der Waals surface area contributed by atoms with Crippen molar-refractivity contribution >= 4 is 23.2 Å². The number of hydrogen-bond donors (Lipinski definition) is 3. The van der Waals surface area contributed by atoms with E-state index in [1.165, 1.54) is 6.92 Å². The number of alkyl halides is 3. The summed E-state index contributed by atoms with van der Waals surface area (Å²) < 4.78 is 38.2. The molecule has 122 valence electrons. The first-order chi connectivity index (χ1) is 10.2. The van der Waals surface area contributed by atoms with Gasteiger partial charge in [0.15, 0.2) is 0 Å². The Morgan fingerprint density at radius 2 is 1.82 bits per heavy atom. The normalized spacial score (nSPS) is 11.1. The highest BCUT2D eigenvalue weighted by Crippen LogP contribution is 2.34. The lowest BCUT2D eigenvalue weighted by molar-refractivity contribution is -0.137. The summed E-state index contributed by atoms with van der Waals surface area (Å²) in [4.78, 5) is 22.8. The molecule has 1 aromatic carbocycles. The summed E-state index contributed by atoms with van der Waals surface area (Å²) in [7, 11) is 1.74. The van der Waals surface area contributed by atoms with Crippen LogP contribution in [-0.2, 0) is 15.8 Å². The monoisotopic (exact) mass is 317 g/mol. The minimum Gasteiger partial charge on any atom is -0.325 e. The summed E-state index contributed by atoms with van der Waals surface area (Å²) in [6.45, 7) is 1.85. The molecule has 0 aromatic heterocycles. The number of rotatable bonds is 6. The molecule has 0 atom stereocenters. The van der Waals surface area contributed by atoms with Gasteiger partial charge in [0.05, 0.1) is 16.9 Å². The molecule has 0 aliphatic carbocycles. The fourth-order valence-electron chi connectivity index (χ4n) is 1.76. The van der Waals surface area contributed by atoms with Crippen molar-refractivity contribution in [2.24, 2.45) is 0 Å². The number of nitrogens with one attached hydrogen (secondary N) is 3. The predicted molar refractivity (Wildman–Crippen MR) is 77.5 cm³/mol. The molecule has 1 rings (SSSR count). The van der Waals surface area contributed by atoms with Crippen molar-refractivity contribution in [1.29, 1.82) is 0 Å². The maximum atomic E-state index is 12.7. The number of benzene rings is 1. The lowest BCUT2D eigenvalue weighted by atomic mass is 10.1. The zero-order valence-electron chi connectivity index (χ0n) is 12.3. The summed E-state index contributed by atoms with van der Waals surface area (Å²) in [6.07, 6.45) is -3.81. The Hall–Kier alpha value is -2.09. The van der Waals surface area contributed by atoms with E-state index in [1.807, 2.05) is 0 Å². The molecule has 8 heteroatoms. The number of anilines is 2. The molecule has 0 unspecified atom stereocenters. The molecule has 0 aliphatic rings. The van der Waals surface area contributed by atoms with Gasteiger partial charge < -0.3 is 16.0 Å². The summed E-state index contributed by atoms with van der Waals surface area (Å²) >= 11 is 0. The third-order valence-electron chi connectivity index (χ3n) is 2.76. The van der Waals surface area contributed by atoms with Crippen LogP contribution >= 0.6 is 0 Å². The molecular formula is C14H18F3N3O2. The fraction of sp³-hybridized carbons (Fsp3) is 0.429. The van der Waals surface area contributed by atoms with Crippen LogP contribution in [0.4, 0.5) is 24.5 Å². The molecule has 0 heterocycles. The average Bonchev–Trinajstić information content (AvgIpc) is 2.39. The van der Waals surface area contributed by atoms with Gasteiger partial charge in [0.25, 0.3) is 0 Å². The minimum absolute atomic E-state index is 0.0699. The second-order valence-electron chi connectivity index (χ2n) is 4.69. The van der Waals surface area contributed by atoms with Crippen molar-refractivity contribution in [1.82, 2.24) is 5.32 Å². The molecular weight excluding hydrogens is 299 g/mol. The maximum absolute atomic E-state index is 12.7. The first-order valence-corrected chi connectivity index (χ1v) is 6.67. The summed E-state index contributed by atoms with van der Waals surface area (Å²) in [6, 6.07) is 2.77. The number of halogens is 3. The predicted octanol–water partition coefficient (Wildman–Crippen LogP) is 2.60. The first kappa shape index (κ1) is 18.0. The van der Waals surface area contributed by atoms with E-state index in [1.54, 1.807) is 7.05 Å². The van der Waals surface area contributed by atoms with Gasteiger partial charge in [-0.25, -0.2) is 0 Å². The molecule has 0 saturated carbocycles. The van der Waals surface area contributed by atoms with Gasteiger partial charge in [-0.15, -0.1) is 0 Å². The van der Waals surface area contributed by atoms with Crippen molar-refractivity contribution in [3.63, 3.8) is 0 Å². The molecule has 1 aromatic rings. The Balaban J connectivity index is 2.96. The SMILES string of the molecule is CNCCCC(=O)Nc1cc(C(F)(F)F)ccc1NC(C)=O. The zero-order chi connectivity index (χ0) is 16.8. The lowest BCUT2D eigenvalue weighted by Crippen LogP contribution is -2.18. The van der Waals surface area contributed by atoms with Gasteiger partial charge in [-0.2, -0.15) is 13.2 Å². The van der Waals surface area contributed by atoms with Crippen molar-refractivity contribution < 1.29 is 22.8 Å². The second kappa shape index (κ2) is 7.79. The van der Waals surface area contributed by atoms with E-state index >= 15 is 0 Å². The smallest absolute Gasteiger partial charge is 0.325 e. The largest absolute Gasteiger partial charge is 0.416 e. The Bertz CT molecular complexity index is 545. The standard InChI is InChI=1S/C14H18F3N3O2/c1-9(21)19-11-6-5-10(14(15,16)17)8-12(11)20-13(22)4-3-7-18-2/h5-6,8,18H,3-4,7H2,1-2H3,(H,19,21)(H,20,22). The Morgan fingerprint density at radius 3 is 2.36 bits per heavy atom. The van der Waals surface area contributed by atoms with Gasteiger partial charge in [-0.1, -0.05) is 0 Å². The highest BCUT2D eigenvalue weighted by Gasteiger charge is 2.31. The lowest BCUT2D eigenvalue weighted by Gasteiger charge is -2.14. The average molecular weight is 317 g/mol. The molecule has 0 bridgehead atoms. The van der Waals surface area contributed by atoms with Gasteiger partial charge in [0.2, 0.25) is 11.8 Å². The van der Waals surface area contributed by atoms with Gasteiger partial charge in [-0.05, 0) is 38.2 Å². The summed E-state index contributed by atoms with van der Waals surface area (Å²) in [5, 5.41) is 7.66. The topological polar surface area (TPSA) is 70.2 Å². The Kier molecular flexibility index (Phi) is 6.36. The minimum atomic E-state index is -4.53. The van der Waals surface area contributed by atoms with E-state index in [4.69, 9.17) is 0 Å². The van der Waals surface area contributed by atoms with Gasteiger partial charge in [0, 0.05) is 13.3 Å². The highest BCUT2D eigenvalue weighted by molar-refractivity contribution is 5.99. The van der Waals surface area contributed by atoms with Crippen LogP contribution in [0.5, 0.6) is 0 Å². The quantitative estimate of drug-likeness (QED) is 0.706. The van der Waals surface area contributed by atoms with Crippen molar-refractivity contribution in [2.75, 3.05) is 24.2 Å². The number of carbonyl (C=O) groups excluding carboxylic acids is 2. The van der Waals surface area contributed by atoms with Gasteiger partial charge >= 0.3 is 6.18 Å². The van der Waals surface area contributed by atoms with Crippen LogP contribution in [-0.4, -0.2) is 25.4 Å².